The smallest absolute Gasteiger partial charge is 0.168 e. The number of hydrogen-bond acceptors (Lipinski definition) is 5. The van der Waals surface area contributed by atoms with Gasteiger partial charge in [-0.15, -0.1) is 0 Å². The molecular formula is C30H32BrNO5. The number of carbonyl (C=O) groups excluding carboxylic acids is 2. The van der Waals surface area contributed by atoms with Gasteiger partial charge in [-0.3, -0.25) is 9.59 Å². The van der Waals surface area contributed by atoms with Crippen LogP contribution in [0.3, 0.4) is 0 Å². The maximum Gasteiger partial charge on any atom is 0.168 e. The second-order valence-corrected chi connectivity index (χ2v) is 8.30. The Hall–Kier alpha value is -3.71. The first-order valence-electron chi connectivity index (χ1n) is 12.0. The molecule has 7 heteroatoms. The number of phenols is 1. The normalized spacial score (nSPS) is 10.8. The van der Waals surface area contributed by atoms with Gasteiger partial charge in [-0.1, -0.05) is 36.4 Å². The Morgan fingerprint density at radius 3 is 2.16 bits per heavy atom. The Balaban J connectivity index is 0.00000481. The van der Waals surface area contributed by atoms with Crippen LogP contribution in [0.25, 0.3) is 12.2 Å². The van der Waals surface area contributed by atoms with E-state index in [1.54, 1.807) is 37.5 Å². The minimum absolute atomic E-state index is 0. The van der Waals surface area contributed by atoms with E-state index in [2.05, 4.69) is 17.0 Å². The van der Waals surface area contributed by atoms with E-state index in [1.807, 2.05) is 30.3 Å². The third kappa shape index (κ3) is 10.8. The lowest BCUT2D eigenvalue weighted by Crippen LogP contribution is -3.00. The first-order chi connectivity index (χ1) is 17.5. The van der Waals surface area contributed by atoms with Crippen molar-refractivity contribution in [1.29, 1.82) is 0 Å². The fraction of sp³-hybridized carbons (Fsp3) is 0.233. The number of carbonyl (C=O) groups is 2. The Morgan fingerprint density at radius 1 is 0.838 bits per heavy atom. The van der Waals surface area contributed by atoms with Crippen molar-refractivity contribution >= 4 is 23.7 Å². The number of pyridine rings is 1. The van der Waals surface area contributed by atoms with Gasteiger partial charge >= 0.3 is 0 Å². The van der Waals surface area contributed by atoms with Crippen LogP contribution in [0.15, 0.2) is 85.2 Å². The van der Waals surface area contributed by atoms with Gasteiger partial charge in [0.25, 0.3) is 0 Å². The van der Waals surface area contributed by atoms with Crippen LogP contribution >= 0.6 is 0 Å². The van der Waals surface area contributed by atoms with Gasteiger partial charge < -0.3 is 31.6 Å². The third-order valence-corrected chi connectivity index (χ3v) is 5.45. The van der Waals surface area contributed by atoms with Crippen molar-refractivity contribution in [3.8, 4) is 17.2 Å². The minimum atomic E-state index is -0.290. The number of hydrogen-bond donors (Lipinski definition) is 1. The summed E-state index contributed by atoms with van der Waals surface area (Å²) < 4.78 is 13.5. The molecule has 2 aromatic carbocycles. The summed E-state index contributed by atoms with van der Waals surface area (Å²) in [7, 11) is 1.58. The molecule has 0 aliphatic rings. The number of aryl methyl sites for hydroxylation is 1. The van der Waals surface area contributed by atoms with Gasteiger partial charge in [0.05, 0.1) is 20.1 Å². The van der Waals surface area contributed by atoms with E-state index in [1.165, 1.54) is 24.3 Å². The molecule has 0 aliphatic heterocycles. The Labute approximate surface area is 228 Å². The lowest BCUT2D eigenvalue weighted by molar-refractivity contribution is -0.697. The molecule has 1 aromatic heterocycles. The Kier molecular flexibility index (Phi) is 12.9. The van der Waals surface area contributed by atoms with Crippen LogP contribution in [-0.2, 0) is 16.1 Å². The van der Waals surface area contributed by atoms with Gasteiger partial charge in [0.1, 0.15) is 12.3 Å². The maximum atomic E-state index is 12.2. The largest absolute Gasteiger partial charge is 1.00 e. The molecule has 37 heavy (non-hydrogen) atoms. The molecule has 0 saturated carbocycles. The monoisotopic (exact) mass is 565 g/mol. The summed E-state index contributed by atoms with van der Waals surface area (Å²) in [6, 6.07) is 18.0. The van der Waals surface area contributed by atoms with E-state index in [0.717, 1.165) is 36.9 Å². The zero-order chi connectivity index (χ0) is 25.6. The van der Waals surface area contributed by atoms with Crippen LogP contribution in [-0.4, -0.2) is 30.4 Å². The number of rotatable bonds is 14. The van der Waals surface area contributed by atoms with Gasteiger partial charge in [-0.25, -0.2) is 4.57 Å². The molecule has 0 unspecified atom stereocenters. The highest BCUT2D eigenvalue weighted by Gasteiger charge is 2.07. The molecule has 0 radical (unpaired) electrons. The summed E-state index contributed by atoms with van der Waals surface area (Å²) >= 11 is 0. The van der Waals surface area contributed by atoms with Crippen LogP contribution in [0.2, 0.25) is 0 Å². The summed E-state index contributed by atoms with van der Waals surface area (Å²) in [5.74, 6) is 0.832. The molecule has 0 amide bonds. The van der Waals surface area contributed by atoms with Crippen LogP contribution in [0, 0.1) is 0 Å². The molecular weight excluding hydrogens is 534 g/mol. The average molecular weight is 566 g/mol. The van der Waals surface area contributed by atoms with Gasteiger partial charge in [-0.05, 0) is 60.4 Å². The van der Waals surface area contributed by atoms with E-state index in [-0.39, 0.29) is 40.7 Å². The molecule has 194 valence electrons. The number of ether oxygens (including phenoxy) is 2. The SMILES string of the molecule is COc1cc(/C=C/C(=O)CC(=O)/C=C/c2ccc(O)cc2)ccc1OCCCCC[n+]1ccccc1.[Br-]. The lowest BCUT2D eigenvalue weighted by atomic mass is 10.1. The first kappa shape index (κ1) is 29.5. The summed E-state index contributed by atoms with van der Waals surface area (Å²) in [4.78, 5) is 24.3. The number of allylic oxidation sites excluding steroid dienone is 2. The third-order valence-electron chi connectivity index (χ3n) is 5.45. The topological polar surface area (TPSA) is 76.7 Å². The number of benzene rings is 2. The summed E-state index contributed by atoms with van der Waals surface area (Å²) in [6.07, 6.45) is 13.1. The number of unbranched alkanes of at least 4 members (excludes halogenated alkanes) is 2. The van der Waals surface area contributed by atoms with Crippen LogP contribution < -0.4 is 31.0 Å². The Morgan fingerprint density at radius 2 is 1.49 bits per heavy atom. The number of methoxy groups -OCH3 is 1. The molecule has 3 aromatic rings. The molecule has 3 rings (SSSR count). The highest BCUT2D eigenvalue weighted by atomic mass is 79.9. The van der Waals surface area contributed by atoms with Gasteiger partial charge in [0, 0.05) is 18.6 Å². The zero-order valence-electron chi connectivity index (χ0n) is 20.9. The molecule has 6 nitrogen and oxygen atoms in total. The van der Waals surface area contributed by atoms with Crippen LogP contribution in [0.4, 0.5) is 0 Å². The number of nitrogens with zero attached hydrogens (tertiary/aromatic N) is 1. The number of phenolic OH excluding ortho intramolecular Hbond substituents is 1. The minimum Gasteiger partial charge on any atom is -1.00 e. The second-order valence-electron chi connectivity index (χ2n) is 8.30. The molecule has 0 bridgehead atoms. The zero-order valence-corrected chi connectivity index (χ0v) is 22.5. The summed E-state index contributed by atoms with van der Waals surface area (Å²) in [6.45, 7) is 1.59. The predicted molar refractivity (Wildman–Crippen MR) is 140 cm³/mol. The number of aromatic nitrogens is 1. The van der Waals surface area contributed by atoms with Gasteiger partial charge in [0.2, 0.25) is 0 Å². The van der Waals surface area contributed by atoms with E-state index in [9.17, 15) is 14.7 Å². The van der Waals surface area contributed by atoms with Crippen molar-refractivity contribution in [2.75, 3.05) is 13.7 Å². The quantitative estimate of drug-likeness (QED) is 0.140. The number of ketones is 2. The molecule has 0 fully saturated rings. The fourth-order valence-corrected chi connectivity index (χ4v) is 3.50. The van der Waals surface area contributed by atoms with Gasteiger partial charge in [-0.2, -0.15) is 0 Å². The highest BCUT2D eigenvalue weighted by Crippen LogP contribution is 2.28. The number of aromatic hydroxyl groups is 1. The van der Waals surface area contributed by atoms with E-state index in [4.69, 9.17) is 9.47 Å². The van der Waals surface area contributed by atoms with E-state index in [0.29, 0.717) is 18.1 Å². The first-order valence-corrected chi connectivity index (χ1v) is 12.0. The van der Waals surface area contributed by atoms with Crippen molar-refractivity contribution in [2.45, 2.75) is 32.2 Å². The second kappa shape index (κ2) is 16.1. The van der Waals surface area contributed by atoms with Gasteiger partial charge in [0.15, 0.2) is 35.5 Å². The summed E-state index contributed by atoms with van der Waals surface area (Å²) in [5, 5.41) is 9.30. The van der Waals surface area contributed by atoms with Crippen molar-refractivity contribution in [3.05, 3.63) is 96.3 Å². The highest BCUT2D eigenvalue weighted by molar-refractivity contribution is 6.10. The lowest BCUT2D eigenvalue weighted by Gasteiger charge is -2.11. The maximum absolute atomic E-state index is 12.2. The van der Waals surface area contributed by atoms with Crippen molar-refractivity contribution in [1.82, 2.24) is 0 Å². The molecule has 1 heterocycles. The Bertz CT molecular complexity index is 1190. The van der Waals surface area contributed by atoms with Crippen molar-refractivity contribution in [3.63, 3.8) is 0 Å². The molecule has 0 saturated heterocycles. The van der Waals surface area contributed by atoms with E-state index >= 15 is 0 Å². The van der Waals surface area contributed by atoms with Crippen LogP contribution in [0.1, 0.15) is 36.8 Å². The standard InChI is InChI=1S/C30H31NO5.BrH/c1-35-30-22-25(11-16-28(34)23-27(33)15-10-24-8-13-26(32)14-9-24)12-17-29(30)36-21-7-3-6-20-31-18-4-2-5-19-31;/h2,4-5,8-19,22H,3,6-7,20-21,23H2,1H3;1H/b16-11+;. The predicted octanol–water partition coefficient (Wildman–Crippen LogP) is 2.20. The molecule has 1 N–H and O–H groups in total. The summed E-state index contributed by atoms with van der Waals surface area (Å²) in [5.41, 5.74) is 1.55. The van der Waals surface area contributed by atoms with Crippen molar-refractivity contribution in [2.24, 2.45) is 0 Å². The van der Waals surface area contributed by atoms with Crippen LogP contribution in [0.5, 0.6) is 17.2 Å². The fourth-order valence-electron chi connectivity index (χ4n) is 3.50. The van der Waals surface area contributed by atoms with E-state index < -0.39 is 0 Å². The average Bonchev–Trinajstić information content (AvgIpc) is 2.90. The molecule has 0 spiro atoms. The molecule has 0 aliphatic carbocycles. The molecule has 0 atom stereocenters. The number of halogens is 1. The van der Waals surface area contributed by atoms with Crippen molar-refractivity contribution < 1.29 is 45.7 Å².